The van der Waals surface area contributed by atoms with E-state index in [1.54, 1.807) is 24.3 Å². The number of hydrogen-bond acceptors (Lipinski definition) is 3. The molecule has 3 heteroatoms. The van der Waals surface area contributed by atoms with Crippen LogP contribution in [0.3, 0.4) is 0 Å². The van der Waals surface area contributed by atoms with Crippen LogP contribution in [0.25, 0.3) is 0 Å². The van der Waals surface area contributed by atoms with Crippen molar-refractivity contribution in [2.45, 2.75) is 6.92 Å². The van der Waals surface area contributed by atoms with Gasteiger partial charge in [-0.3, -0.25) is 4.79 Å². The van der Waals surface area contributed by atoms with Gasteiger partial charge >= 0.3 is 0 Å². The number of para-hydroxylation sites is 1. The lowest BCUT2D eigenvalue weighted by atomic mass is 10.1. The van der Waals surface area contributed by atoms with Gasteiger partial charge in [0.1, 0.15) is 11.5 Å². The summed E-state index contributed by atoms with van der Waals surface area (Å²) in [4.78, 5) is 11.4. The Morgan fingerprint density at radius 1 is 1.17 bits per heavy atom. The number of carbonyl (C=O) groups excluding carboxylic acids is 1. The zero-order valence-corrected chi connectivity index (χ0v) is 10.0. The molecule has 0 unspecified atom stereocenters. The van der Waals surface area contributed by atoms with Gasteiger partial charge in [-0.25, -0.2) is 0 Å². The molecule has 0 spiro atoms. The summed E-state index contributed by atoms with van der Waals surface area (Å²) in [5.74, 6) is 1.03. The molecular weight excluding hydrogens is 226 g/mol. The van der Waals surface area contributed by atoms with Crippen molar-refractivity contribution in [3.05, 3.63) is 59.7 Å². The first-order chi connectivity index (χ1) is 8.70. The zero-order chi connectivity index (χ0) is 13.0. The van der Waals surface area contributed by atoms with Crippen molar-refractivity contribution in [3.8, 4) is 11.5 Å². The van der Waals surface area contributed by atoms with E-state index in [0.717, 1.165) is 17.5 Å². The van der Waals surface area contributed by atoms with Crippen LogP contribution in [0.15, 0.2) is 48.5 Å². The molecule has 1 N–H and O–H groups in total. The topological polar surface area (TPSA) is 50.2 Å². The Labute approximate surface area is 106 Å². The van der Waals surface area contributed by atoms with E-state index in [9.17, 15) is 4.79 Å². The van der Waals surface area contributed by atoms with Gasteiger partial charge in [-0.15, -0.1) is 0 Å². The van der Waals surface area contributed by atoms with Gasteiger partial charge in [0.15, 0.2) is 0 Å². The number of Topliss-reactive ketones (excluding diaryl/α,β-unsaturated/α-hetero) is 1. The van der Waals surface area contributed by atoms with Crippen LogP contribution in [-0.4, -0.2) is 12.0 Å². The van der Waals surface area contributed by atoms with Crippen LogP contribution in [0, 0.1) is 12.3 Å². The Balaban J connectivity index is 2.27. The predicted molar refractivity (Wildman–Crippen MR) is 70.8 cm³/mol. The van der Waals surface area contributed by atoms with Crippen molar-refractivity contribution >= 4 is 12.0 Å². The number of benzene rings is 2. The molecule has 3 nitrogen and oxygen atoms in total. The summed E-state index contributed by atoms with van der Waals surface area (Å²) in [5.41, 5.74) is 1.48. The molecule has 0 amide bonds. The van der Waals surface area contributed by atoms with Gasteiger partial charge in [0.2, 0.25) is 5.78 Å². The van der Waals surface area contributed by atoms with Gasteiger partial charge in [-0.05, 0) is 30.7 Å². The summed E-state index contributed by atoms with van der Waals surface area (Å²) in [6.45, 7) is 1.96. The SMILES string of the molecule is Cc1ccccc1Oc1cccc(C(=O)C=N)c1. The number of aryl methyl sites for hydroxylation is 1. The van der Waals surface area contributed by atoms with Gasteiger partial charge in [0.05, 0.1) is 6.21 Å². The van der Waals surface area contributed by atoms with E-state index in [1.807, 2.05) is 31.2 Å². The molecule has 2 aromatic rings. The minimum absolute atomic E-state index is 0.328. The fraction of sp³-hybridized carbons (Fsp3) is 0.0667. The van der Waals surface area contributed by atoms with Gasteiger partial charge in [0.25, 0.3) is 0 Å². The maximum atomic E-state index is 11.4. The van der Waals surface area contributed by atoms with Crippen molar-refractivity contribution < 1.29 is 9.53 Å². The fourth-order valence-electron chi connectivity index (χ4n) is 1.59. The van der Waals surface area contributed by atoms with Crippen molar-refractivity contribution in [2.75, 3.05) is 0 Å². The second-order valence-corrected chi connectivity index (χ2v) is 3.90. The molecule has 0 fully saturated rings. The second-order valence-electron chi connectivity index (χ2n) is 3.90. The summed E-state index contributed by atoms with van der Waals surface area (Å²) < 4.78 is 5.72. The quantitative estimate of drug-likeness (QED) is 0.654. The number of rotatable bonds is 4. The standard InChI is InChI=1S/C15H13NO2/c1-11-5-2-3-8-15(11)18-13-7-4-6-12(9-13)14(17)10-16/h2-10,16H,1H3. The van der Waals surface area contributed by atoms with Crippen molar-refractivity contribution in [2.24, 2.45) is 0 Å². The highest BCUT2D eigenvalue weighted by Crippen LogP contribution is 2.25. The Hall–Kier alpha value is -2.42. The van der Waals surface area contributed by atoms with Crippen LogP contribution < -0.4 is 4.74 Å². The van der Waals surface area contributed by atoms with Crippen LogP contribution in [-0.2, 0) is 0 Å². The lowest BCUT2D eigenvalue weighted by Crippen LogP contribution is -1.99. The monoisotopic (exact) mass is 239 g/mol. The van der Waals surface area contributed by atoms with Gasteiger partial charge < -0.3 is 10.1 Å². The molecule has 0 aliphatic carbocycles. The molecule has 2 rings (SSSR count). The van der Waals surface area contributed by atoms with E-state index in [4.69, 9.17) is 10.1 Å². The lowest BCUT2D eigenvalue weighted by Gasteiger charge is -2.08. The molecule has 0 atom stereocenters. The van der Waals surface area contributed by atoms with Crippen LogP contribution >= 0.6 is 0 Å². The summed E-state index contributed by atoms with van der Waals surface area (Å²) in [6.07, 6.45) is 0.798. The number of carbonyl (C=O) groups is 1. The molecule has 0 saturated carbocycles. The molecule has 18 heavy (non-hydrogen) atoms. The Bertz CT molecular complexity index is 591. The van der Waals surface area contributed by atoms with E-state index in [-0.39, 0.29) is 5.78 Å². The van der Waals surface area contributed by atoms with Gasteiger partial charge in [0, 0.05) is 5.56 Å². The first kappa shape index (κ1) is 12.0. The average Bonchev–Trinajstić information content (AvgIpc) is 2.41. The highest BCUT2D eigenvalue weighted by molar-refractivity contribution is 6.34. The molecule has 0 aliphatic heterocycles. The van der Waals surface area contributed by atoms with Crippen LogP contribution in [0.2, 0.25) is 0 Å². The Morgan fingerprint density at radius 3 is 2.67 bits per heavy atom. The fourth-order valence-corrected chi connectivity index (χ4v) is 1.59. The van der Waals surface area contributed by atoms with Gasteiger partial charge in [-0.1, -0.05) is 30.3 Å². The Kier molecular flexibility index (Phi) is 3.53. The third kappa shape index (κ3) is 2.63. The van der Waals surface area contributed by atoms with E-state index in [2.05, 4.69) is 0 Å². The van der Waals surface area contributed by atoms with Crippen molar-refractivity contribution in [3.63, 3.8) is 0 Å². The van der Waals surface area contributed by atoms with E-state index in [0.29, 0.717) is 11.3 Å². The summed E-state index contributed by atoms with van der Waals surface area (Å²) >= 11 is 0. The normalized spacial score (nSPS) is 9.83. The predicted octanol–water partition coefficient (Wildman–Crippen LogP) is 3.62. The Morgan fingerprint density at radius 2 is 1.94 bits per heavy atom. The van der Waals surface area contributed by atoms with Crippen LogP contribution in [0.1, 0.15) is 15.9 Å². The van der Waals surface area contributed by atoms with Gasteiger partial charge in [-0.2, -0.15) is 0 Å². The molecule has 0 aromatic heterocycles. The largest absolute Gasteiger partial charge is 0.457 e. The first-order valence-electron chi connectivity index (χ1n) is 5.59. The molecule has 0 aliphatic rings. The van der Waals surface area contributed by atoms with E-state index < -0.39 is 0 Å². The lowest BCUT2D eigenvalue weighted by molar-refractivity contribution is 0.107. The third-order valence-electron chi connectivity index (χ3n) is 2.57. The smallest absolute Gasteiger partial charge is 0.203 e. The molecule has 0 saturated heterocycles. The summed E-state index contributed by atoms with van der Waals surface area (Å²) in [5, 5.41) is 6.96. The van der Waals surface area contributed by atoms with Crippen LogP contribution in [0.4, 0.5) is 0 Å². The molecule has 0 heterocycles. The highest BCUT2D eigenvalue weighted by Gasteiger charge is 2.05. The highest BCUT2D eigenvalue weighted by atomic mass is 16.5. The molecular formula is C15H13NO2. The van der Waals surface area contributed by atoms with Crippen molar-refractivity contribution in [1.29, 1.82) is 5.41 Å². The number of nitrogens with one attached hydrogen (secondary N) is 1. The molecule has 0 bridgehead atoms. The minimum Gasteiger partial charge on any atom is -0.457 e. The maximum Gasteiger partial charge on any atom is 0.203 e. The third-order valence-corrected chi connectivity index (χ3v) is 2.57. The summed E-state index contributed by atoms with van der Waals surface area (Å²) in [7, 11) is 0. The molecule has 90 valence electrons. The second kappa shape index (κ2) is 5.27. The van der Waals surface area contributed by atoms with Crippen molar-refractivity contribution in [1.82, 2.24) is 0 Å². The number of ether oxygens (including phenoxy) is 1. The molecule has 0 radical (unpaired) electrons. The maximum absolute atomic E-state index is 11.4. The minimum atomic E-state index is -0.328. The number of hydrogen-bond donors (Lipinski definition) is 1. The van der Waals surface area contributed by atoms with Crippen LogP contribution in [0.5, 0.6) is 11.5 Å². The van der Waals surface area contributed by atoms with E-state index >= 15 is 0 Å². The zero-order valence-electron chi connectivity index (χ0n) is 10.0. The first-order valence-corrected chi connectivity index (χ1v) is 5.59. The van der Waals surface area contributed by atoms with E-state index in [1.165, 1.54) is 0 Å². The number of ketones is 1. The summed E-state index contributed by atoms with van der Waals surface area (Å²) in [6, 6.07) is 14.5. The average molecular weight is 239 g/mol. The molecule has 2 aromatic carbocycles.